The second-order valence-electron chi connectivity index (χ2n) is 5.86. The third-order valence-corrected chi connectivity index (χ3v) is 4.26. The molecule has 1 aromatic heterocycles. The van der Waals surface area contributed by atoms with Gasteiger partial charge in [0.25, 0.3) is 11.5 Å². The van der Waals surface area contributed by atoms with Crippen LogP contribution in [0.5, 0.6) is 0 Å². The summed E-state index contributed by atoms with van der Waals surface area (Å²) in [6.07, 6.45) is 0. The van der Waals surface area contributed by atoms with Crippen molar-refractivity contribution in [3.05, 3.63) is 76.1 Å². The topological polar surface area (TPSA) is 42.3 Å². The molecule has 4 heteroatoms. The maximum absolute atomic E-state index is 13.1. The van der Waals surface area contributed by atoms with Gasteiger partial charge < -0.3 is 9.47 Å². The fraction of sp³-hybridized carbons (Fsp3) is 0.200. The summed E-state index contributed by atoms with van der Waals surface area (Å²) in [7, 11) is 1.72. The maximum Gasteiger partial charge on any atom is 0.259 e. The molecule has 0 aliphatic rings. The molecule has 2 aromatic carbocycles. The Kier molecular flexibility index (Phi) is 4.21. The number of carbonyl (C=O) groups is 1. The first-order chi connectivity index (χ1) is 11.5. The van der Waals surface area contributed by atoms with Gasteiger partial charge in [0.1, 0.15) is 0 Å². The van der Waals surface area contributed by atoms with Crippen LogP contribution in [0.1, 0.15) is 22.8 Å². The zero-order valence-electron chi connectivity index (χ0n) is 14.1. The highest BCUT2D eigenvalue weighted by atomic mass is 16.2. The number of carbonyl (C=O) groups excluding carboxylic acids is 1. The van der Waals surface area contributed by atoms with Crippen LogP contribution in [0, 0.1) is 6.92 Å². The number of hydrogen-bond donors (Lipinski definition) is 0. The van der Waals surface area contributed by atoms with E-state index >= 15 is 0 Å². The molecule has 0 saturated heterocycles. The van der Waals surface area contributed by atoms with Crippen molar-refractivity contribution in [2.75, 3.05) is 11.4 Å². The summed E-state index contributed by atoms with van der Waals surface area (Å²) in [5.41, 5.74) is 2.95. The molecular weight excluding hydrogens is 300 g/mol. The number of pyridine rings is 1. The highest BCUT2D eigenvalue weighted by Crippen LogP contribution is 2.22. The monoisotopic (exact) mass is 320 g/mol. The van der Waals surface area contributed by atoms with Gasteiger partial charge in [-0.1, -0.05) is 30.3 Å². The van der Waals surface area contributed by atoms with Crippen LogP contribution in [0.25, 0.3) is 10.9 Å². The summed E-state index contributed by atoms with van der Waals surface area (Å²) in [6, 6.07) is 16.7. The standard InChI is InChI=1S/C20H20N2O2/c1-4-22(15-9-7-8-14(2)12-15)20(24)17-13-19(23)21(3)18-11-6-5-10-16(17)18/h5-13H,4H2,1-3H3. The van der Waals surface area contributed by atoms with Crippen molar-refractivity contribution in [2.24, 2.45) is 7.05 Å². The van der Waals surface area contributed by atoms with Gasteiger partial charge in [0.05, 0.1) is 11.1 Å². The van der Waals surface area contributed by atoms with Crippen molar-refractivity contribution in [3.8, 4) is 0 Å². The Hall–Kier alpha value is -2.88. The van der Waals surface area contributed by atoms with E-state index in [1.807, 2.05) is 62.4 Å². The molecule has 1 heterocycles. The van der Waals surface area contributed by atoms with Crippen LogP contribution in [0.4, 0.5) is 5.69 Å². The van der Waals surface area contributed by atoms with Gasteiger partial charge in [-0.05, 0) is 37.6 Å². The number of fused-ring (bicyclic) bond motifs is 1. The molecule has 1 amide bonds. The molecule has 24 heavy (non-hydrogen) atoms. The lowest BCUT2D eigenvalue weighted by Crippen LogP contribution is -2.32. The Morgan fingerprint density at radius 3 is 2.54 bits per heavy atom. The third kappa shape index (κ3) is 2.71. The van der Waals surface area contributed by atoms with Gasteiger partial charge in [-0.2, -0.15) is 0 Å². The molecule has 122 valence electrons. The number of benzene rings is 2. The Bertz CT molecular complexity index is 973. The summed E-state index contributed by atoms with van der Waals surface area (Å²) in [4.78, 5) is 27.1. The van der Waals surface area contributed by atoms with E-state index in [0.29, 0.717) is 12.1 Å². The predicted octanol–water partition coefficient (Wildman–Crippen LogP) is 3.51. The fourth-order valence-electron chi connectivity index (χ4n) is 2.97. The van der Waals surface area contributed by atoms with Gasteiger partial charge in [-0.3, -0.25) is 9.59 Å². The molecule has 0 unspecified atom stereocenters. The van der Waals surface area contributed by atoms with Crippen molar-refractivity contribution in [2.45, 2.75) is 13.8 Å². The van der Waals surface area contributed by atoms with Crippen molar-refractivity contribution < 1.29 is 4.79 Å². The molecule has 3 aromatic rings. The van der Waals surface area contributed by atoms with E-state index in [-0.39, 0.29) is 11.5 Å². The molecule has 0 N–H and O–H groups in total. The Morgan fingerprint density at radius 1 is 1.08 bits per heavy atom. The first-order valence-corrected chi connectivity index (χ1v) is 8.00. The number of para-hydroxylation sites is 1. The van der Waals surface area contributed by atoms with Gasteiger partial charge in [0, 0.05) is 30.7 Å². The van der Waals surface area contributed by atoms with Crippen LogP contribution >= 0.6 is 0 Å². The third-order valence-electron chi connectivity index (χ3n) is 4.26. The minimum atomic E-state index is -0.183. The van der Waals surface area contributed by atoms with Gasteiger partial charge >= 0.3 is 0 Å². The number of aryl methyl sites for hydroxylation is 2. The van der Waals surface area contributed by atoms with E-state index in [1.54, 1.807) is 16.5 Å². The molecule has 0 spiro atoms. The predicted molar refractivity (Wildman–Crippen MR) is 97.7 cm³/mol. The lowest BCUT2D eigenvalue weighted by Gasteiger charge is -2.22. The van der Waals surface area contributed by atoms with E-state index in [1.165, 1.54) is 6.07 Å². The second-order valence-corrected chi connectivity index (χ2v) is 5.86. The number of hydrogen-bond acceptors (Lipinski definition) is 2. The molecule has 0 aliphatic carbocycles. The van der Waals surface area contributed by atoms with E-state index in [9.17, 15) is 9.59 Å². The average Bonchev–Trinajstić information content (AvgIpc) is 2.59. The van der Waals surface area contributed by atoms with Gasteiger partial charge in [0.2, 0.25) is 0 Å². The molecule has 0 bridgehead atoms. The van der Waals surface area contributed by atoms with Crippen LogP contribution in [0.15, 0.2) is 59.4 Å². The van der Waals surface area contributed by atoms with E-state index in [2.05, 4.69) is 0 Å². The van der Waals surface area contributed by atoms with Gasteiger partial charge in [0.15, 0.2) is 0 Å². The SMILES string of the molecule is CCN(C(=O)c1cc(=O)n(C)c2ccccc12)c1cccc(C)c1. The van der Waals surface area contributed by atoms with Crippen molar-refractivity contribution in [1.29, 1.82) is 0 Å². The zero-order valence-corrected chi connectivity index (χ0v) is 14.1. The molecular formula is C20H20N2O2. The van der Waals surface area contributed by atoms with E-state index in [4.69, 9.17) is 0 Å². The smallest absolute Gasteiger partial charge is 0.259 e. The number of nitrogens with zero attached hydrogens (tertiary/aromatic N) is 2. The lowest BCUT2D eigenvalue weighted by atomic mass is 10.1. The van der Waals surface area contributed by atoms with Crippen LogP contribution < -0.4 is 10.5 Å². The maximum atomic E-state index is 13.1. The van der Waals surface area contributed by atoms with Crippen molar-refractivity contribution in [1.82, 2.24) is 4.57 Å². The highest BCUT2D eigenvalue weighted by Gasteiger charge is 2.20. The summed E-state index contributed by atoms with van der Waals surface area (Å²) >= 11 is 0. The van der Waals surface area contributed by atoms with Crippen molar-refractivity contribution in [3.63, 3.8) is 0 Å². The number of anilines is 1. The quantitative estimate of drug-likeness (QED) is 0.741. The first kappa shape index (κ1) is 16.0. The second kappa shape index (κ2) is 6.32. The molecule has 3 rings (SSSR count). The largest absolute Gasteiger partial charge is 0.311 e. The fourth-order valence-corrected chi connectivity index (χ4v) is 2.97. The lowest BCUT2D eigenvalue weighted by molar-refractivity contribution is 0.0989. The molecule has 0 aliphatic heterocycles. The van der Waals surface area contributed by atoms with Gasteiger partial charge in [-0.15, -0.1) is 0 Å². The van der Waals surface area contributed by atoms with E-state index < -0.39 is 0 Å². The Labute approximate surface area is 141 Å². The zero-order chi connectivity index (χ0) is 17.3. The summed E-state index contributed by atoms with van der Waals surface area (Å²) in [5.74, 6) is -0.156. The summed E-state index contributed by atoms with van der Waals surface area (Å²) in [6.45, 7) is 4.46. The van der Waals surface area contributed by atoms with E-state index in [0.717, 1.165) is 22.2 Å². The minimum absolute atomic E-state index is 0.156. The molecule has 4 nitrogen and oxygen atoms in total. The highest BCUT2D eigenvalue weighted by molar-refractivity contribution is 6.13. The normalized spacial score (nSPS) is 10.8. The molecule has 0 saturated carbocycles. The first-order valence-electron chi connectivity index (χ1n) is 8.00. The molecule has 0 atom stereocenters. The number of aromatic nitrogens is 1. The summed E-state index contributed by atoms with van der Waals surface area (Å²) in [5, 5.41) is 0.788. The average molecular weight is 320 g/mol. The molecule has 0 radical (unpaired) electrons. The van der Waals surface area contributed by atoms with Crippen LogP contribution in [-0.2, 0) is 7.05 Å². The molecule has 0 fully saturated rings. The van der Waals surface area contributed by atoms with Gasteiger partial charge in [-0.25, -0.2) is 0 Å². The summed E-state index contributed by atoms with van der Waals surface area (Å²) < 4.78 is 1.56. The van der Waals surface area contributed by atoms with Crippen LogP contribution in [0.2, 0.25) is 0 Å². The van der Waals surface area contributed by atoms with Crippen molar-refractivity contribution >= 4 is 22.5 Å². The minimum Gasteiger partial charge on any atom is -0.311 e. The number of rotatable bonds is 3. The Balaban J connectivity index is 2.17. The Morgan fingerprint density at radius 2 is 1.83 bits per heavy atom. The van der Waals surface area contributed by atoms with Crippen LogP contribution in [0.3, 0.4) is 0 Å². The van der Waals surface area contributed by atoms with Crippen LogP contribution in [-0.4, -0.2) is 17.0 Å². The number of amides is 1.